The molecule has 0 saturated carbocycles. The van der Waals surface area contributed by atoms with Gasteiger partial charge in [0, 0.05) is 12.3 Å². The first-order chi connectivity index (χ1) is 11.1. The number of hydrogen-bond acceptors (Lipinski definition) is 4. The van der Waals surface area contributed by atoms with Gasteiger partial charge in [-0.15, -0.1) is 0 Å². The van der Waals surface area contributed by atoms with Crippen molar-refractivity contribution in [1.29, 1.82) is 0 Å². The third kappa shape index (κ3) is 3.02. The molecule has 0 aliphatic rings. The van der Waals surface area contributed by atoms with E-state index in [1.165, 1.54) is 6.07 Å². The Kier molecular flexibility index (Phi) is 3.99. The summed E-state index contributed by atoms with van der Waals surface area (Å²) in [5.41, 5.74) is 1.18. The first-order valence-corrected chi connectivity index (χ1v) is 7.21. The molecule has 0 radical (unpaired) electrons. The van der Waals surface area contributed by atoms with Crippen LogP contribution in [0.3, 0.4) is 0 Å². The average molecular weight is 329 g/mol. The molecule has 3 aromatic rings. The molecule has 2 aromatic heterocycles. The number of pyridine rings is 1. The van der Waals surface area contributed by atoms with Crippen molar-refractivity contribution in [2.75, 3.05) is 5.32 Å². The Bertz CT molecular complexity index is 862. The third-order valence-electron chi connectivity index (χ3n) is 3.19. The highest BCUT2D eigenvalue weighted by molar-refractivity contribution is 6.34. The van der Waals surface area contributed by atoms with Crippen LogP contribution in [-0.2, 0) is 0 Å². The van der Waals surface area contributed by atoms with Gasteiger partial charge in [-0.2, -0.15) is 9.78 Å². The molecule has 116 valence electrons. The summed E-state index contributed by atoms with van der Waals surface area (Å²) in [5, 5.41) is 17.0. The molecule has 3 rings (SSSR count). The lowest BCUT2D eigenvalue weighted by Gasteiger charge is -2.12. The topological polar surface area (TPSA) is 80.0 Å². The SMILES string of the molecule is Cc1cc(Nc2cccc(Cl)c2C(=O)O)n(-c2ccccn2)n1. The number of aromatic nitrogens is 3. The second kappa shape index (κ2) is 6.10. The maximum Gasteiger partial charge on any atom is 0.339 e. The highest BCUT2D eigenvalue weighted by Crippen LogP contribution is 2.28. The summed E-state index contributed by atoms with van der Waals surface area (Å²) in [5.74, 6) is 0.131. The van der Waals surface area contributed by atoms with Crippen molar-refractivity contribution in [3.63, 3.8) is 0 Å². The maximum absolute atomic E-state index is 11.4. The Morgan fingerprint density at radius 1 is 1.26 bits per heavy atom. The summed E-state index contributed by atoms with van der Waals surface area (Å²) in [6, 6.07) is 12.2. The summed E-state index contributed by atoms with van der Waals surface area (Å²) in [4.78, 5) is 15.7. The molecule has 23 heavy (non-hydrogen) atoms. The molecule has 0 aliphatic carbocycles. The van der Waals surface area contributed by atoms with Crippen molar-refractivity contribution >= 4 is 29.1 Å². The Morgan fingerprint density at radius 3 is 2.78 bits per heavy atom. The molecular formula is C16H13ClN4O2. The number of hydrogen-bond donors (Lipinski definition) is 2. The van der Waals surface area contributed by atoms with E-state index in [1.807, 2.05) is 25.1 Å². The predicted molar refractivity (Wildman–Crippen MR) is 87.8 cm³/mol. The van der Waals surface area contributed by atoms with Gasteiger partial charge in [0.25, 0.3) is 0 Å². The quantitative estimate of drug-likeness (QED) is 0.763. The number of carbonyl (C=O) groups is 1. The fourth-order valence-corrected chi connectivity index (χ4v) is 2.48. The van der Waals surface area contributed by atoms with Gasteiger partial charge in [-0.1, -0.05) is 23.7 Å². The highest BCUT2D eigenvalue weighted by atomic mass is 35.5. The summed E-state index contributed by atoms with van der Waals surface area (Å²) in [7, 11) is 0. The molecule has 0 saturated heterocycles. The molecule has 0 unspecified atom stereocenters. The van der Waals surface area contributed by atoms with E-state index in [0.717, 1.165) is 5.69 Å². The lowest BCUT2D eigenvalue weighted by atomic mass is 10.2. The average Bonchev–Trinajstić information content (AvgIpc) is 2.88. The van der Waals surface area contributed by atoms with Crippen LogP contribution in [0.25, 0.3) is 5.82 Å². The van der Waals surface area contributed by atoms with Crippen molar-refractivity contribution in [3.05, 3.63) is 64.9 Å². The molecule has 0 aliphatic heterocycles. The molecule has 7 heteroatoms. The Hall–Kier alpha value is -2.86. The Balaban J connectivity index is 2.06. The minimum atomic E-state index is -1.10. The van der Waals surface area contributed by atoms with Crippen LogP contribution in [0.5, 0.6) is 0 Å². The number of nitrogens with one attached hydrogen (secondary N) is 1. The van der Waals surface area contributed by atoms with Gasteiger partial charge in [-0.05, 0) is 31.2 Å². The van der Waals surface area contributed by atoms with Gasteiger partial charge in [0.1, 0.15) is 11.4 Å². The number of anilines is 2. The molecular weight excluding hydrogens is 316 g/mol. The van der Waals surface area contributed by atoms with E-state index >= 15 is 0 Å². The van der Waals surface area contributed by atoms with Crippen molar-refractivity contribution in [2.45, 2.75) is 6.92 Å². The summed E-state index contributed by atoms with van der Waals surface area (Å²) >= 11 is 6.00. The van der Waals surface area contributed by atoms with Crippen LogP contribution >= 0.6 is 11.6 Å². The molecule has 0 amide bonds. The van der Waals surface area contributed by atoms with Gasteiger partial charge in [0.15, 0.2) is 5.82 Å². The van der Waals surface area contributed by atoms with E-state index < -0.39 is 5.97 Å². The van der Waals surface area contributed by atoms with Crippen molar-refractivity contribution < 1.29 is 9.90 Å². The van der Waals surface area contributed by atoms with Crippen LogP contribution in [0.2, 0.25) is 5.02 Å². The number of aryl methyl sites for hydroxylation is 1. The standard InChI is InChI=1S/C16H13ClN4O2/c1-10-9-14(21(20-10)13-7-2-3-8-18-13)19-12-6-4-5-11(17)15(12)16(22)23/h2-9,19H,1H3,(H,22,23). The lowest BCUT2D eigenvalue weighted by molar-refractivity contribution is 0.0698. The highest BCUT2D eigenvalue weighted by Gasteiger charge is 2.16. The minimum Gasteiger partial charge on any atom is -0.478 e. The number of rotatable bonds is 4. The maximum atomic E-state index is 11.4. The summed E-state index contributed by atoms with van der Waals surface area (Å²) in [6.45, 7) is 1.85. The fraction of sp³-hybridized carbons (Fsp3) is 0.0625. The second-order valence-corrected chi connectivity index (χ2v) is 5.27. The first-order valence-electron chi connectivity index (χ1n) is 6.83. The van der Waals surface area contributed by atoms with Gasteiger partial charge in [-0.25, -0.2) is 9.78 Å². The molecule has 6 nitrogen and oxygen atoms in total. The zero-order valence-electron chi connectivity index (χ0n) is 12.2. The normalized spacial score (nSPS) is 10.5. The van der Waals surface area contributed by atoms with Gasteiger partial charge in [0.2, 0.25) is 0 Å². The number of halogens is 1. The van der Waals surface area contributed by atoms with Gasteiger partial charge >= 0.3 is 5.97 Å². The number of aromatic carboxylic acids is 1. The van der Waals surface area contributed by atoms with Crippen LogP contribution < -0.4 is 5.32 Å². The molecule has 0 spiro atoms. The fourth-order valence-electron chi connectivity index (χ4n) is 2.23. The lowest BCUT2D eigenvalue weighted by Crippen LogP contribution is -2.08. The van der Waals surface area contributed by atoms with Crippen LogP contribution in [0, 0.1) is 6.92 Å². The van der Waals surface area contributed by atoms with Crippen LogP contribution in [0.1, 0.15) is 16.1 Å². The van der Waals surface area contributed by atoms with E-state index in [2.05, 4.69) is 15.4 Å². The largest absolute Gasteiger partial charge is 0.478 e. The zero-order valence-corrected chi connectivity index (χ0v) is 12.9. The minimum absolute atomic E-state index is 0.0144. The smallest absolute Gasteiger partial charge is 0.339 e. The van der Waals surface area contributed by atoms with Gasteiger partial charge in [-0.3, -0.25) is 0 Å². The Labute approximate surface area is 137 Å². The van der Waals surface area contributed by atoms with Crippen molar-refractivity contribution in [1.82, 2.24) is 14.8 Å². The Morgan fingerprint density at radius 2 is 2.09 bits per heavy atom. The summed E-state index contributed by atoms with van der Waals surface area (Å²) in [6.07, 6.45) is 1.66. The summed E-state index contributed by atoms with van der Waals surface area (Å²) < 4.78 is 1.61. The van der Waals surface area contributed by atoms with E-state index in [9.17, 15) is 9.90 Å². The molecule has 1 aromatic carbocycles. The van der Waals surface area contributed by atoms with Crippen LogP contribution in [0.4, 0.5) is 11.5 Å². The van der Waals surface area contributed by atoms with E-state index in [4.69, 9.17) is 11.6 Å². The van der Waals surface area contributed by atoms with Crippen molar-refractivity contribution in [2.24, 2.45) is 0 Å². The second-order valence-electron chi connectivity index (χ2n) is 4.86. The monoisotopic (exact) mass is 328 g/mol. The van der Waals surface area contributed by atoms with E-state index in [1.54, 1.807) is 29.1 Å². The van der Waals surface area contributed by atoms with Gasteiger partial charge < -0.3 is 10.4 Å². The van der Waals surface area contributed by atoms with Crippen LogP contribution in [0.15, 0.2) is 48.7 Å². The molecule has 0 bridgehead atoms. The number of nitrogens with zero attached hydrogens (tertiary/aromatic N) is 3. The van der Waals surface area contributed by atoms with Crippen LogP contribution in [-0.4, -0.2) is 25.8 Å². The van der Waals surface area contributed by atoms with Gasteiger partial charge in [0.05, 0.1) is 16.4 Å². The molecule has 2 N–H and O–H groups in total. The molecule has 0 fully saturated rings. The third-order valence-corrected chi connectivity index (χ3v) is 3.50. The molecule has 0 atom stereocenters. The van der Waals surface area contributed by atoms with E-state index in [0.29, 0.717) is 17.3 Å². The van der Waals surface area contributed by atoms with E-state index in [-0.39, 0.29) is 10.6 Å². The number of carboxylic acid groups (broad SMARTS) is 1. The first kappa shape index (κ1) is 15.1. The van der Waals surface area contributed by atoms with Crippen molar-refractivity contribution in [3.8, 4) is 5.82 Å². The number of carboxylic acids is 1. The predicted octanol–water partition coefficient (Wildman–Crippen LogP) is 3.67. The zero-order chi connectivity index (χ0) is 16.4. The number of benzene rings is 1. The molecule has 2 heterocycles.